The molecule has 11 heteroatoms. The van der Waals surface area contributed by atoms with Gasteiger partial charge in [0.2, 0.25) is 0 Å². The highest BCUT2D eigenvalue weighted by molar-refractivity contribution is 7.45. The van der Waals surface area contributed by atoms with Gasteiger partial charge in [-0.1, -0.05) is 155 Å². The molecule has 0 amide bonds. The molecule has 0 rings (SSSR count). The lowest BCUT2D eigenvalue weighted by molar-refractivity contribution is -0.870. The smallest absolute Gasteiger partial charge is 0.306 e. The molecular weight excluding hydrogens is 814 g/mol. The Morgan fingerprint density at radius 2 is 1.14 bits per heavy atom. The molecule has 10 nitrogen and oxygen atoms in total. The van der Waals surface area contributed by atoms with Crippen LogP contribution in [0.5, 0.6) is 0 Å². The number of ether oxygens (including phenoxy) is 2. The van der Waals surface area contributed by atoms with E-state index < -0.39 is 38.6 Å². The van der Waals surface area contributed by atoms with Crippen LogP contribution in [0.2, 0.25) is 0 Å². The van der Waals surface area contributed by atoms with E-state index in [1.54, 1.807) is 18.2 Å². The molecule has 0 saturated heterocycles. The lowest BCUT2D eigenvalue weighted by Crippen LogP contribution is -2.37. The summed E-state index contributed by atoms with van der Waals surface area (Å²) in [6, 6.07) is 0. The maximum absolute atomic E-state index is 12.7. The van der Waals surface area contributed by atoms with E-state index in [-0.39, 0.29) is 26.1 Å². The number of hydrogen-bond donors (Lipinski definition) is 1. The zero-order valence-electron chi connectivity index (χ0n) is 39.6. The molecular formula is C52H84NO9P. The summed E-state index contributed by atoms with van der Waals surface area (Å²) in [5.74, 6) is -1.07. The van der Waals surface area contributed by atoms with Crippen LogP contribution in [0, 0.1) is 0 Å². The normalized spacial score (nSPS) is 15.1. The number of quaternary nitrogens is 1. The number of phosphoric acid groups is 1. The molecule has 0 heterocycles. The zero-order valence-corrected chi connectivity index (χ0v) is 40.5. The van der Waals surface area contributed by atoms with Gasteiger partial charge in [-0.2, -0.15) is 0 Å². The van der Waals surface area contributed by atoms with Crippen LogP contribution in [0.15, 0.2) is 122 Å². The number of esters is 2. The average molecular weight is 898 g/mol. The van der Waals surface area contributed by atoms with Gasteiger partial charge in [0.1, 0.15) is 19.8 Å². The number of likely N-dealkylation sites (N-methyl/N-ethyl adjacent to an activating group) is 1. The predicted octanol–water partition coefficient (Wildman–Crippen LogP) is 12.0. The lowest BCUT2D eigenvalue weighted by atomic mass is 10.1. The van der Waals surface area contributed by atoms with Crippen molar-refractivity contribution in [2.45, 2.75) is 148 Å². The number of rotatable bonds is 40. The minimum Gasteiger partial charge on any atom is -0.756 e. The number of carbonyl (C=O) groups excluding carboxylic acids is 2. The SMILES string of the molecule is CC/C=C\C/C=C\C/C=C\C/C=C\C=C/C(O)C/C=C\CCC(=O)OC[C@H](COP(=O)([O-])OCC[N+](C)(C)C)OC(=O)CCCCC/C=C\C/C=C\C/C=C\C/C=C\CCCCC. The molecule has 0 radical (unpaired) electrons. The zero-order chi connectivity index (χ0) is 46.5. The molecule has 0 aliphatic rings. The summed E-state index contributed by atoms with van der Waals surface area (Å²) < 4.78 is 33.7. The largest absolute Gasteiger partial charge is 0.756 e. The number of phosphoric ester groups is 1. The Morgan fingerprint density at radius 3 is 1.71 bits per heavy atom. The van der Waals surface area contributed by atoms with Crippen LogP contribution in [0.4, 0.5) is 0 Å². The molecule has 3 atom stereocenters. The van der Waals surface area contributed by atoms with Crippen molar-refractivity contribution in [2.24, 2.45) is 0 Å². The van der Waals surface area contributed by atoms with Gasteiger partial charge in [0.25, 0.3) is 7.82 Å². The highest BCUT2D eigenvalue weighted by Crippen LogP contribution is 2.38. The van der Waals surface area contributed by atoms with Gasteiger partial charge in [-0.25, -0.2) is 0 Å². The molecule has 0 fully saturated rings. The van der Waals surface area contributed by atoms with Crippen LogP contribution in [-0.4, -0.2) is 81.2 Å². The number of aliphatic hydroxyl groups excluding tert-OH is 1. The van der Waals surface area contributed by atoms with Gasteiger partial charge in [-0.05, 0) is 89.9 Å². The van der Waals surface area contributed by atoms with Gasteiger partial charge in [0.15, 0.2) is 6.10 Å². The predicted molar refractivity (Wildman–Crippen MR) is 260 cm³/mol. The summed E-state index contributed by atoms with van der Waals surface area (Å²) in [6.07, 6.45) is 55.5. The number of carbonyl (C=O) groups is 2. The van der Waals surface area contributed by atoms with Crippen molar-refractivity contribution in [1.82, 2.24) is 0 Å². The number of hydrogen-bond acceptors (Lipinski definition) is 9. The van der Waals surface area contributed by atoms with E-state index in [9.17, 15) is 24.2 Å². The molecule has 0 aliphatic heterocycles. The summed E-state index contributed by atoms with van der Waals surface area (Å²) in [5.41, 5.74) is 0. The average Bonchev–Trinajstić information content (AvgIpc) is 3.23. The van der Waals surface area contributed by atoms with E-state index in [1.807, 2.05) is 39.4 Å². The van der Waals surface area contributed by atoms with Crippen molar-refractivity contribution in [1.29, 1.82) is 0 Å². The van der Waals surface area contributed by atoms with E-state index in [0.29, 0.717) is 30.3 Å². The molecule has 0 aromatic heterocycles. The Hall–Kier alpha value is -3.63. The molecule has 0 saturated carbocycles. The maximum atomic E-state index is 12.7. The highest BCUT2D eigenvalue weighted by Gasteiger charge is 2.21. The molecule has 356 valence electrons. The molecule has 1 N–H and O–H groups in total. The Labute approximate surface area is 382 Å². The quantitative estimate of drug-likeness (QED) is 0.0159. The molecule has 0 spiro atoms. The number of aliphatic hydroxyl groups is 1. The molecule has 0 aromatic carbocycles. The van der Waals surface area contributed by atoms with Crippen LogP contribution in [0.1, 0.15) is 136 Å². The fourth-order valence-corrected chi connectivity index (χ4v) is 6.12. The first kappa shape index (κ1) is 59.4. The van der Waals surface area contributed by atoms with Crippen LogP contribution in [0.25, 0.3) is 0 Å². The Morgan fingerprint density at radius 1 is 0.603 bits per heavy atom. The summed E-state index contributed by atoms with van der Waals surface area (Å²) in [4.78, 5) is 37.6. The second-order valence-corrected chi connectivity index (χ2v) is 17.6. The molecule has 0 aliphatic carbocycles. The molecule has 0 bridgehead atoms. The Kier molecular flexibility index (Phi) is 39.9. The molecule has 63 heavy (non-hydrogen) atoms. The van der Waals surface area contributed by atoms with Gasteiger partial charge >= 0.3 is 11.9 Å². The fourth-order valence-electron chi connectivity index (χ4n) is 5.39. The van der Waals surface area contributed by atoms with Gasteiger partial charge < -0.3 is 33.0 Å². The van der Waals surface area contributed by atoms with Crippen LogP contribution < -0.4 is 4.89 Å². The topological polar surface area (TPSA) is 131 Å². The van der Waals surface area contributed by atoms with E-state index in [4.69, 9.17) is 18.5 Å². The minimum atomic E-state index is -4.69. The first-order chi connectivity index (χ1) is 30.4. The van der Waals surface area contributed by atoms with Crippen molar-refractivity contribution in [2.75, 3.05) is 47.5 Å². The van der Waals surface area contributed by atoms with E-state index in [2.05, 4.69) is 98.9 Å². The van der Waals surface area contributed by atoms with Crippen molar-refractivity contribution in [3.8, 4) is 0 Å². The monoisotopic (exact) mass is 898 g/mol. The number of nitrogens with zero attached hydrogens (tertiary/aromatic N) is 1. The molecule has 2 unspecified atom stereocenters. The van der Waals surface area contributed by atoms with Crippen molar-refractivity contribution < 1.29 is 47.2 Å². The first-order valence-electron chi connectivity index (χ1n) is 23.4. The van der Waals surface area contributed by atoms with Gasteiger partial charge in [-0.15, -0.1) is 0 Å². The van der Waals surface area contributed by atoms with E-state index in [1.165, 1.54) is 25.7 Å². The van der Waals surface area contributed by atoms with Gasteiger partial charge in [-0.3, -0.25) is 14.2 Å². The summed E-state index contributed by atoms with van der Waals surface area (Å²) in [5, 5.41) is 10.2. The number of unbranched alkanes of at least 4 members (excludes halogenated alkanes) is 6. The van der Waals surface area contributed by atoms with Crippen LogP contribution in [-0.2, 0) is 32.7 Å². The van der Waals surface area contributed by atoms with Crippen molar-refractivity contribution in [3.05, 3.63) is 122 Å². The standard InChI is InChI=1S/C52H84NO9P/c1-6-8-10-12-14-16-18-20-21-22-23-24-25-27-29-31-33-35-39-44-52(56)62-50(48-61-63(57,58)60-46-45-53(3,4)5)47-59-51(55)43-40-36-38-42-49(54)41-37-34-32-30-28-26-19-17-15-13-11-9-7-2/h9,11,14-17,20-21,23-24,26-29,32,34,36-38,41,49-50,54H,6-8,10,12-13,18-19,22,25,30-31,33,35,39-40,42-48H2,1-5H3/b11-9-,16-14-,17-15-,21-20-,24-23-,28-26-,29-27-,34-32-,38-36-,41-37-/t49?,50-/m1/s1. The third kappa shape index (κ3) is 46.2. The van der Waals surface area contributed by atoms with Crippen LogP contribution in [0.3, 0.4) is 0 Å². The second kappa shape index (κ2) is 42.3. The molecule has 0 aromatic rings. The maximum Gasteiger partial charge on any atom is 0.306 e. The summed E-state index contributed by atoms with van der Waals surface area (Å²) >= 11 is 0. The van der Waals surface area contributed by atoms with E-state index in [0.717, 1.165) is 64.2 Å². The first-order valence-corrected chi connectivity index (χ1v) is 24.8. The van der Waals surface area contributed by atoms with Crippen LogP contribution >= 0.6 is 7.82 Å². The summed E-state index contributed by atoms with van der Waals surface area (Å²) in [7, 11) is 1.03. The fraction of sp³-hybridized carbons (Fsp3) is 0.577. The summed E-state index contributed by atoms with van der Waals surface area (Å²) in [6.45, 7) is 3.81. The Balaban J connectivity index is 4.63. The van der Waals surface area contributed by atoms with Crippen molar-refractivity contribution in [3.63, 3.8) is 0 Å². The van der Waals surface area contributed by atoms with E-state index >= 15 is 0 Å². The highest BCUT2D eigenvalue weighted by atomic mass is 31.2. The third-order valence-electron chi connectivity index (χ3n) is 9.06. The van der Waals surface area contributed by atoms with Crippen molar-refractivity contribution >= 4 is 19.8 Å². The lowest BCUT2D eigenvalue weighted by Gasteiger charge is -2.28. The number of allylic oxidation sites excluding steroid dienone is 18. The van der Waals surface area contributed by atoms with Gasteiger partial charge in [0.05, 0.1) is 33.9 Å². The second-order valence-electron chi connectivity index (χ2n) is 16.2. The third-order valence-corrected chi connectivity index (χ3v) is 10.0. The van der Waals surface area contributed by atoms with Gasteiger partial charge in [0, 0.05) is 12.8 Å². The minimum absolute atomic E-state index is 0.0551. The Bertz CT molecular complexity index is 1500.